The van der Waals surface area contributed by atoms with Gasteiger partial charge in [0.2, 0.25) is 0 Å². The number of anilines is 1. The molecule has 0 aliphatic carbocycles. The van der Waals surface area contributed by atoms with Crippen molar-refractivity contribution >= 4 is 22.5 Å². The first-order chi connectivity index (χ1) is 12.2. The lowest BCUT2D eigenvalue weighted by molar-refractivity contribution is 0.175. The predicted octanol–water partition coefficient (Wildman–Crippen LogP) is 3.70. The van der Waals surface area contributed by atoms with Gasteiger partial charge in [-0.15, -0.1) is 0 Å². The number of fused-ring (bicyclic) bond motifs is 1. The molecule has 0 radical (unpaired) electrons. The van der Waals surface area contributed by atoms with Crippen LogP contribution in [0.5, 0.6) is 5.75 Å². The van der Waals surface area contributed by atoms with Crippen molar-refractivity contribution in [2.24, 2.45) is 0 Å². The van der Waals surface area contributed by atoms with E-state index in [1.165, 1.54) is 0 Å². The van der Waals surface area contributed by atoms with Gasteiger partial charge in [-0.2, -0.15) is 0 Å². The number of carbonyl (C=O) groups is 1. The summed E-state index contributed by atoms with van der Waals surface area (Å²) in [6.07, 6.45) is -0.784. The van der Waals surface area contributed by atoms with Gasteiger partial charge in [-0.05, 0) is 34.5 Å². The maximum atomic E-state index is 12.0. The number of aliphatic hydroxyl groups excluding tert-OH is 1. The Morgan fingerprint density at radius 1 is 1.04 bits per heavy atom. The van der Waals surface area contributed by atoms with Gasteiger partial charge in [-0.25, -0.2) is 4.79 Å². The summed E-state index contributed by atoms with van der Waals surface area (Å²) in [5.41, 5.74) is 1.33. The van der Waals surface area contributed by atoms with E-state index in [1.54, 1.807) is 19.2 Å². The van der Waals surface area contributed by atoms with E-state index in [1.807, 2.05) is 54.6 Å². The molecule has 3 aromatic carbocycles. The molecule has 0 aliphatic heterocycles. The minimum atomic E-state index is -0.784. The maximum Gasteiger partial charge on any atom is 0.319 e. The van der Waals surface area contributed by atoms with Gasteiger partial charge in [-0.3, -0.25) is 0 Å². The highest BCUT2D eigenvalue weighted by molar-refractivity contribution is 5.91. The lowest BCUT2D eigenvalue weighted by atomic mass is 10.0. The van der Waals surface area contributed by atoms with Crippen LogP contribution in [-0.4, -0.2) is 24.8 Å². The van der Waals surface area contributed by atoms with Crippen LogP contribution in [0.25, 0.3) is 10.8 Å². The normalized spacial score (nSPS) is 11.8. The molecule has 0 spiro atoms. The first-order valence-electron chi connectivity index (χ1n) is 8.02. The second-order valence-corrected chi connectivity index (χ2v) is 5.66. The molecule has 3 N–H and O–H groups in total. The van der Waals surface area contributed by atoms with E-state index >= 15 is 0 Å². The van der Waals surface area contributed by atoms with Crippen molar-refractivity contribution in [3.8, 4) is 5.75 Å². The number of para-hydroxylation sites is 2. The van der Waals surface area contributed by atoms with Crippen LogP contribution in [0.2, 0.25) is 0 Å². The summed E-state index contributed by atoms with van der Waals surface area (Å²) in [4.78, 5) is 12.0. The molecule has 0 saturated heterocycles. The zero-order valence-corrected chi connectivity index (χ0v) is 13.9. The van der Waals surface area contributed by atoms with E-state index in [9.17, 15) is 9.90 Å². The lowest BCUT2D eigenvalue weighted by Gasteiger charge is -2.14. The van der Waals surface area contributed by atoms with Crippen molar-refractivity contribution in [2.45, 2.75) is 6.10 Å². The Hall–Kier alpha value is -3.05. The van der Waals surface area contributed by atoms with Crippen LogP contribution in [0.4, 0.5) is 10.5 Å². The Kier molecular flexibility index (Phi) is 5.16. The van der Waals surface area contributed by atoms with Gasteiger partial charge in [0.1, 0.15) is 5.75 Å². The van der Waals surface area contributed by atoms with Crippen molar-refractivity contribution in [3.05, 3.63) is 72.3 Å². The summed E-state index contributed by atoms with van der Waals surface area (Å²) in [5.74, 6) is 0.577. The van der Waals surface area contributed by atoms with Crippen LogP contribution < -0.4 is 15.4 Å². The topological polar surface area (TPSA) is 70.6 Å². The minimum Gasteiger partial charge on any atom is -0.495 e. The van der Waals surface area contributed by atoms with Crippen LogP contribution in [0.3, 0.4) is 0 Å². The van der Waals surface area contributed by atoms with Gasteiger partial charge in [0.05, 0.1) is 18.9 Å². The molecule has 0 aliphatic rings. The molecule has 1 unspecified atom stereocenters. The highest BCUT2D eigenvalue weighted by atomic mass is 16.5. The number of carbonyl (C=O) groups excluding carboxylic acids is 1. The van der Waals surface area contributed by atoms with Crippen LogP contribution in [0.15, 0.2) is 66.7 Å². The minimum absolute atomic E-state index is 0.110. The molecule has 0 heterocycles. The number of urea groups is 1. The number of benzene rings is 3. The second-order valence-electron chi connectivity index (χ2n) is 5.66. The summed E-state index contributed by atoms with van der Waals surface area (Å²) in [7, 11) is 1.54. The predicted molar refractivity (Wildman–Crippen MR) is 98.9 cm³/mol. The molecular formula is C20H20N2O3. The number of methoxy groups -OCH3 is 1. The van der Waals surface area contributed by atoms with Crippen LogP contribution in [-0.2, 0) is 0 Å². The third-order valence-corrected chi connectivity index (χ3v) is 3.97. The van der Waals surface area contributed by atoms with Crippen molar-refractivity contribution in [1.82, 2.24) is 5.32 Å². The number of rotatable bonds is 5. The van der Waals surface area contributed by atoms with Gasteiger partial charge in [0, 0.05) is 6.54 Å². The summed E-state index contributed by atoms with van der Waals surface area (Å²) < 4.78 is 5.19. The summed E-state index contributed by atoms with van der Waals surface area (Å²) in [5, 5.41) is 17.9. The molecule has 0 saturated carbocycles. The zero-order chi connectivity index (χ0) is 17.6. The maximum absolute atomic E-state index is 12.0. The van der Waals surface area contributed by atoms with Gasteiger partial charge in [0.15, 0.2) is 0 Å². The number of ether oxygens (including phenoxy) is 1. The molecule has 1 atom stereocenters. The fourth-order valence-corrected chi connectivity index (χ4v) is 2.64. The second kappa shape index (κ2) is 7.68. The third-order valence-electron chi connectivity index (χ3n) is 3.97. The molecular weight excluding hydrogens is 316 g/mol. The average molecular weight is 336 g/mol. The molecule has 0 bridgehead atoms. The number of hydrogen-bond donors (Lipinski definition) is 3. The highest BCUT2D eigenvalue weighted by Gasteiger charge is 2.11. The van der Waals surface area contributed by atoms with E-state index in [4.69, 9.17) is 4.74 Å². The molecule has 3 rings (SSSR count). The molecule has 5 heteroatoms. The van der Waals surface area contributed by atoms with Crippen LogP contribution in [0, 0.1) is 0 Å². The van der Waals surface area contributed by atoms with E-state index in [0.29, 0.717) is 11.4 Å². The first-order valence-corrected chi connectivity index (χ1v) is 8.02. The van der Waals surface area contributed by atoms with E-state index in [-0.39, 0.29) is 6.54 Å². The number of amides is 2. The highest BCUT2D eigenvalue weighted by Crippen LogP contribution is 2.23. The van der Waals surface area contributed by atoms with Gasteiger partial charge in [0.25, 0.3) is 0 Å². The van der Waals surface area contributed by atoms with Crippen molar-refractivity contribution in [1.29, 1.82) is 0 Å². The lowest BCUT2D eigenvalue weighted by Crippen LogP contribution is -2.32. The van der Waals surface area contributed by atoms with Crippen molar-refractivity contribution in [3.63, 3.8) is 0 Å². The van der Waals surface area contributed by atoms with E-state index in [2.05, 4.69) is 10.6 Å². The molecule has 5 nitrogen and oxygen atoms in total. The molecule has 128 valence electrons. The van der Waals surface area contributed by atoms with Crippen LogP contribution >= 0.6 is 0 Å². The standard InChI is InChI=1S/C20H20N2O3/c1-25-19-9-5-4-8-17(19)22-20(24)21-13-18(23)16-11-10-14-6-2-3-7-15(14)12-16/h2-12,18,23H,13H2,1H3,(H2,21,22,24). The molecule has 3 aromatic rings. The third kappa shape index (κ3) is 4.08. The number of aliphatic hydroxyl groups is 1. The fraction of sp³-hybridized carbons (Fsp3) is 0.150. The van der Waals surface area contributed by atoms with Crippen molar-refractivity contribution in [2.75, 3.05) is 19.0 Å². The first kappa shape index (κ1) is 16.8. The molecule has 0 aromatic heterocycles. The van der Waals surface area contributed by atoms with Crippen LogP contribution in [0.1, 0.15) is 11.7 Å². The average Bonchev–Trinajstić information content (AvgIpc) is 2.66. The quantitative estimate of drug-likeness (QED) is 0.665. The SMILES string of the molecule is COc1ccccc1NC(=O)NCC(O)c1ccc2ccccc2c1. The Bertz CT molecular complexity index is 879. The van der Waals surface area contributed by atoms with Gasteiger partial charge < -0.3 is 20.5 Å². The van der Waals surface area contributed by atoms with E-state index < -0.39 is 12.1 Å². The number of hydrogen-bond acceptors (Lipinski definition) is 3. The van der Waals surface area contributed by atoms with Gasteiger partial charge >= 0.3 is 6.03 Å². The van der Waals surface area contributed by atoms with Gasteiger partial charge in [-0.1, -0.05) is 48.5 Å². The largest absolute Gasteiger partial charge is 0.495 e. The molecule has 0 fully saturated rings. The van der Waals surface area contributed by atoms with E-state index in [0.717, 1.165) is 16.3 Å². The molecule has 2 amide bonds. The Morgan fingerprint density at radius 2 is 1.76 bits per heavy atom. The molecule has 25 heavy (non-hydrogen) atoms. The summed E-state index contributed by atoms with van der Waals surface area (Å²) in [6, 6.07) is 20.4. The summed E-state index contributed by atoms with van der Waals surface area (Å²) >= 11 is 0. The zero-order valence-electron chi connectivity index (χ0n) is 13.9. The Labute approximate surface area is 146 Å². The Morgan fingerprint density at radius 3 is 2.56 bits per heavy atom. The monoisotopic (exact) mass is 336 g/mol. The smallest absolute Gasteiger partial charge is 0.319 e. The Balaban J connectivity index is 1.61. The summed E-state index contributed by atoms with van der Waals surface area (Å²) in [6.45, 7) is 0.110. The number of nitrogens with one attached hydrogen (secondary N) is 2. The fourth-order valence-electron chi connectivity index (χ4n) is 2.64. The van der Waals surface area contributed by atoms with Crippen molar-refractivity contribution < 1.29 is 14.6 Å².